The summed E-state index contributed by atoms with van der Waals surface area (Å²) < 4.78 is 24.9. The quantitative estimate of drug-likeness (QED) is 0.686. The molecule has 0 aromatic rings. The van der Waals surface area contributed by atoms with Gasteiger partial charge in [0.1, 0.15) is 6.61 Å². The van der Waals surface area contributed by atoms with Crippen LogP contribution in [0, 0.1) is 5.92 Å². The molecule has 1 saturated carbocycles. The van der Waals surface area contributed by atoms with Gasteiger partial charge < -0.3 is 10.8 Å². The van der Waals surface area contributed by atoms with E-state index in [0.29, 0.717) is 0 Å². The Morgan fingerprint density at radius 3 is 2.27 bits per heavy atom. The summed E-state index contributed by atoms with van der Waals surface area (Å²) in [6.45, 7) is -1.13. The molecule has 11 heavy (non-hydrogen) atoms. The summed E-state index contributed by atoms with van der Waals surface area (Å²) in [5.41, 5.74) is 5.16. The van der Waals surface area contributed by atoms with E-state index in [4.69, 9.17) is 10.8 Å². The minimum Gasteiger partial charge on any atom is -0.390 e. The number of nitrogens with two attached hydrogens (primary N) is 1. The minimum absolute atomic E-state index is 0. The summed E-state index contributed by atoms with van der Waals surface area (Å²) in [5, 5.41) is 8.21. The van der Waals surface area contributed by atoms with Crippen molar-refractivity contribution < 1.29 is 13.9 Å². The van der Waals surface area contributed by atoms with Crippen molar-refractivity contribution in [2.45, 2.75) is 24.8 Å². The van der Waals surface area contributed by atoms with Crippen molar-refractivity contribution in [2.24, 2.45) is 11.7 Å². The van der Waals surface area contributed by atoms with E-state index in [0.717, 1.165) is 12.8 Å². The lowest BCUT2D eigenvalue weighted by Crippen LogP contribution is -2.45. The zero-order valence-electron chi connectivity index (χ0n) is 5.96. The summed E-state index contributed by atoms with van der Waals surface area (Å²) in [7, 11) is 0. The molecule has 0 aromatic carbocycles. The molecule has 1 rings (SSSR count). The lowest BCUT2D eigenvalue weighted by atomic mass is 10.1. The van der Waals surface area contributed by atoms with Crippen LogP contribution in [0.2, 0.25) is 0 Å². The minimum atomic E-state index is -3.08. The topological polar surface area (TPSA) is 46.2 Å². The van der Waals surface area contributed by atoms with Crippen LogP contribution in [-0.4, -0.2) is 23.7 Å². The fourth-order valence-electron chi connectivity index (χ4n) is 0.906. The number of hydrogen-bond donors (Lipinski definition) is 2. The second-order valence-corrected chi connectivity index (χ2v) is 2.78. The third kappa shape index (κ3) is 2.54. The monoisotopic (exact) mass is 187 g/mol. The Bertz CT molecular complexity index is 130. The molecule has 0 radical (unpaired) electrons. The highest BCUT2D eigenvalue weighted by Gasteiger charge is 2.45. The Kier molecular flexibility index (Phi) is 3.67. The highest BCUT2D eigenvalue weighted by atomic mass is 35.5. The van der Waals surface area contributed by atoms with Gasteiger partial charge in [-0.1, -0.05) is 0 Å². The second kappa shape index (κ2) is 3.65. The molecular formula is C6H12ClF2NO. The van der Waals surface area contributed by atoms with Gasteiger partial charge in [0.15, 0.2) is 0 Å². The normalized spacial score (nSPS) is 20.7. The molecule has 0 bridgehead atoms. The number of hydrogen-bond acceptors (Lipinski definition) is 2. The number of aliphatic hydroxyl groups is 1. The van der Waals surface area contributed by atoms with Gasteiger partial charge in [-0.2, -0.15) is 0 Å². The molecule has 0 heterocycles. The van der Waals surface area contributed by atoms with Gasteiger partial charge in [0.2, 0.25) is 0 Å². The summed E-state index contributed by atoms with van der Waals surface area (Å²) in [5.74, 6) is -3.15. The highest BCUT2D eigenvalue weighted by molar-refractivity contribution is 5.85. The first-order valence-electron chi connectivity index (χ1n) is 3.32. The molecule has 2 nitrogen and oxygen atoms in total. The first-order chi connectivity index (χ1) is 4.58. The second-order valence-electron chi connectivity index (χ2n) is 2.78. The molecule has 1 aliphatic carbocycles. The van der Waals surface area contributed by atoms with Crippen molar-refractivity contribution in [3.05, 3.63) is 0 Å². The number of halogens is 3. The van der Waals surface area contributed by atoms with Crippen LogP contribution < -0.4 is 5.73 Å². The van der Waals surface area contributed by atoms with Crippen LogP contribution in [0.5, 0.6) is 0 Å². The van der Waals surface area contributed by atoms with E-state index in [1.165, 1.54) is 0 Å². The molecule has 0 saturated heterocycles. The zero-order chi connectivity index (χ0) is 7.78. The van der Waals surface area contributed by atoms with Gasteiger partial charge in [-0.3, -0.25) is 0 Å². The summed E-state index contributed by atoms with van der Waals surface area (Å²) >= 11 is 0. The molecule has 0 aliphatic heterocycles. The molecule has 1 aliphatic rings. The molecule has 5 heteroatoms. The van der Waals surface area contributed by atoms with Crippen LogP contribution in [0.4, 0.5) is 8.78 Å². The van der Waals surface area contributed by atoms with Crippen LogP contribution >= 0.6 is 12.4 Å². The maximum Gasteiger partial charge on any atom is 0.285 e. The first kappa shape index (κ1) is 11.1. The van der Waals surface area contributed by atoms with Crippen LogP contribution in [0.25, 0.3) is 0 Å². The van der Waals surface area contributed by atoms with Crippen molar-refractivity contribution in [1.29, 1.82) is 0 Å². The van der Waals surface area contributed by atoms with E-state index in [9.17, 15) is 8.78 Å². The largest absolute Gasteiger partial charge is 0.390 e. The van der Waals surface area contributed by atoms with Gasteiger partial charge in [0.05, 0.1) is 6.04 Å². The standard InChI is InChI=1S/C6H11F2NO.ClH/c7-6(8,3-10)5(9)4-1-2-4;/h4-5,10H,1-3,9H2;1H/t5-;/m0./s1. The van der Waals surface area contributed by atoms with Gasteiger partial charge in [0.25, 0.3) is 5.92 Å². The average Bonchev–Trinajstić information content (AvgIpc) is 2.68. The molecular weight excluding hydrogens is 176 g/mol. The van der Waals surface area contributed by atoms with E-state index in [1.54, 1.807) is 0 Å². The lowest BCUT2D eigenvalue weighted by Gasteiger charge is -2.20. The Labute approximate surface area is 70.2 Å². The lowest BCUT2D eigenvalue weighted by molar-refractivity contribution is -0.0749. The third-order valence-corrected chi connectivity index (χ3v) is 1.83. The van der Waals surface area contributed by atoms with Crippen molar-refractivity contribution in [1.82, 2.24) is 0 Å². The fourth-order valence-corrected chi connectivity index (χ4v) is 0.906. The van der Waals surface area contributed by atoms with Gasteiger partial charge in [-0.05, 0) is 18.8 Å². The smallest absolute Gasteiger partial charge is 0.285 e. The Balaban J connectivity index is 0.000001000. The van der Waals surface area contributed by atoms with Crippen LogP contribution in [-0.2, 0) is 0 Å². The first-order valence-corrected chi connectivity index (χ1v) is 3.32. The summed E-state index contributed by atoms with van der Waals surface area (Å²) in [6.07, 6.45) is 1.55. The van der Waals surface area contributed by atoms with E-state index in [1.807, 2.05) is 0 Å². The van der Waals surface area contributed by atoms with Crippen LogP contribution in [0.3, 0.4) is 0 Å². The Hall–Kier alpha value is 0.0700. The van der Waals surface area contributed by atoms with Gasteiger partial charge >= 0.3 is 0 Å². The predicted octanol–water partition coefficient (Wildman–Crippen LogP) is 0.773. The van der Waals surface area contributed by atoms with Crippen LogP contribution in [0.1, 0.15) is 12.8 Å². The molecule has 68 valence electrons. The van der Waals surface area contributed by atoms with Crippen molar-refractivity contribution in [3.63, 3.8) is 0 Å². The Morgan fingerprint density at radius 1 is 1.55 bits per heavy atom. The maximum absolute atomic E-state index is 12.5. The third-order valence-electron chi connectivity index (χ3n) is 1.83. The van der Waals surface area contributed by atoms with Crippen molar-refractivity contribution in [2.75, 3.05) is 6.61 Å². The zero-order valence-corrected chi connectivity index (χ0v) is 6.78. The summed E-state index contributed by atoms with van der Waals surface area (Å²) in [4.78, 5) is 0. The number of rotatable bonds is 3. The fraction of sp³-hybridized carbons (Fsp3) is 1.00. The van der Waals surface area contributed by atoms with E-state index in [-0.39, 0.29) is 18.3 Å². The van der Waals surface area contributed by atoms with Crippen molar-refractivity contribution >= 4 is 12.4 Å². The highest BCUT2D eigenvalue weighted by Crippen LogP contribution is 2.37. The van der Waals surface area contributed by atoms with E-state index >= 15 is 0 Å². The summed E-state index contributed by atoms with van der Waals surface area (Å²) in [6, 6.07) is -1.14. The predicted molar refractivity (Wildman–Crippen MR) is 40.0 cm³/mol. The van der Waals surface area contributed by atoms with E-state index < -0.39 is 18.6 Å². The molecule has 0 unspecified atom stereocenters. The molecule has 1 fully saturated rings. The van der Waals surface area contributed by atoms with E-state index in [2.05, 4.69) is 0 Å². The van der Waals surface area contributed by atoms with Gasteiger partial charge in [0, 0.05) is 0 Å². The van der Waals surface area contributed by atoms with Gasteiger partial charge in [-0.25, -0.2) is 8.78 Å². The SMILES string of the molecule is Cl.N[C@@H](C1CC1)C(F)(F)CO. The molecule has 1 atom stereocenters. The molecule has 3 N–H and O–H groups in total. The molecule has 0 amide bonds. The molecule has 0 spiro atoms. The number of aliphatic hydroxyl groups excluding tert-OH is 1. The molecule has 0 aromatic heterocycles. The number of alkyl halides is 2. The Morgan fingerprint density at radius 2 is 2.00 bits per heavy atom. The maximum atomic E-state index is 12.5. The van der Waals surface area contributed by atoms with Crippen LogP contribution in [0.15, 0.2) is 0 Å². The van der Waals surface area contributed by atoms with Gasteiger partial charge in [-0.15, -0.1) is 12.4 Å². The van der Waals surface area contributed by atoms with Crippen molar-refractivity contribution in [3.8, 4) is 0 Å². The average molecular weight is 188 g/mol.